The smallest absolute Gasteiger partial charge is 0.352 e. The fourth-order valence-electron chi connectivity index (χ4n) is 1.97. The van der Waals surface area contributed by atoms with Crippen molar-refractivity contribution >= 4 is 28.7 Å². The van der Waals surface area contributed by atoms with Crippen molar-refractivity contribution in [3.8, 4) is 0 Å². The molecular formula is C12H14NO5S+. The molecule has 6 nitrogen and oxygen atoms in total. The molecule has 2 aliphatic heterocycles. The van der Waals surface area contributed by atoms with Crippen molar-refractivity contribution in [1.29, 1.82) is 0 Å². The highest BCUT2D eigenvalue weighted by molar-refractivity contribution is 8.00. The molecule has 1 fully saturated rings. The first kappa shape index (κ1) is 13.7. The number of β-lactam (4-membered cyclic amide) rings is 1. The predicted octanol–water partition coefficient (Wildman–Crippen LogP) is 0.222. The number of carbonyl (C=O) groups is 3. The molecule has 2 rings (SSSR count). The molecule has 0 saturated carbocycles. The van der Waals surface area contributed by atoms with Gasteiger partial charge in [0.05, 0.1) is 6.42 Å². The number of hydrogen-bond donors (Lipinski definition) is 1. The lowest BCUT2D eigenvalue weighted by atomic mass is 10.1. The number of aliphatic carboxylic acids is 1. The van der Waals surface area contributed by atoms with Gasteiger partial charge >= 0.3 is 11.9 Å². The largest absolute Gasteiger partial charge is 0.477 e. The first-order valence-corrected chi connectivity index (χ1v) is 7.26. The zero-order valence-electron chi connectivity index (χ0n) is 10.4. The topological polar surface area (TPSA) is 83.9 Å². The first-order chi connectivity index (χ1) is 9.00. The van der Waals surface area contributed by atoms with Crippen LogP contribution >= 0.6 is 0 Å². The van der Waals surface area contributed by atoms with Gasteiger partial charge in [-0.05, 0) is 6.08 Å². The van der Waals surface area contributed by atoms with Gasteiger partial charge in [0, 0.05) is 23.9 Å². The van der Waals surface area contributed by atoms with E-state index in [9.17, 15) is 14.4 Å². The molecule has 0 aromatic carbocycles. The van der Waals surface area contributed by atoms with Crippen LogP contribution in [0.5, 0.6) is 0 Å². The Hall–Kier alpha value is -1.76. The standard InChI is InChI=1S/C12H13NO5S/c1-8(14)18-4-2-5-19-6-3-9(12(16)17)13-10(15)7-11(13)19/h2-3,5,11H,4,6-7H2,1H3/p+1/b5-2+/t11-,19?/m1/s1. The number of hydrogen-bond acceptors (Lipinski definition) is 4. The Morgan fingerprint density at radius 1 is 1.63 bits per heavy atom. The molecule has 7 heteroatoms. The van der Waals surface area contributed by atoms with E-state index in [0.29, 0.717) is 12.2 Å². The van der Waals surface area contributed by atoms with Crippen LogP contribution in [-0.2, 0) is 30.0 Å². The number of carboxylic acids is 1. The Morgan fingerprint density at radius 3 is 2.95 bits per heavy atom. The SMILES string of the molecule is CC(=O)OC/C=C/[S+]1CC=C(C(=O)O)N2C(=O)C[C@H]21. The third-order valence-corrected chi connectivity index (χ3v) is 5.03. The predicted molar refractivity (Wildman–Crippen MR) is 69.0 cm³/mol. The molecule has 0 bridgehead atoms. The van der Waals surface area contributed by atoms with Crippen LogP contribution in [0.2, 0.25) is 0 Å². The summed E-state index contributed by atoms with van der Waals surface area (Å²) in [6, 6.07) is 0. The number of rotatable bonds is 4. The molecule has 1 amide bonds. The molecular weight excluding hydrogens is 270 g/mol. The van der Waals surface area contributed by atoms with Crippen LogP contribution in [0.4, 0.5) is 0 Å². The molecule has 2 heterocycles. The molecule has 0 radical (unpaired) electrons. The summed E-state index contributed by atoms with van der Waals surface area (Å²) in [6.45, 7) is 1.54. The maximum Gasteiger partial charge on any atom is 0.352 e. The van der Waals surface area contributed by atoms with Crippen LogP contribution in [-0.4, -0.2) is 45.6 Å². The summed E-state index contributed by atoms with van der Waals surface area (Å²) in [6.07, 6.45) is 3.70. The minimum Gasteiger partial charge on any atom is -0.477 e. The molecule has 102 valence electrons. The van der Waals surface area contributed by atoms with Crippen LogP contribution in [0, 0.1) is 0 Å². The fraction of sp³-hybridized carbons (Fsp3) is 0.417. The lowest BCUT2D eigenvalue weighted by molar-refractivity contribution is -0.146. The zero-order chi connectivity index (χ0) is 14.0. The van der Waals surface area contributed by atoms with Crippen LogP contribution < -0.4 is 0 Å². The van der Waals surface area contributed by atoms with E-state index in [0.717, 1.165) is 0 Å². The minimum absolute atomic E-state index is 0.0582. The zero-order valence-corrected chi connectivity index (χ0v) is 11.2. The van der Waals surface area contributed by atoms with Gasteiger partial charge in [-0.1, -0.05) is 0 Å². The van der Waals surface area contributed by atoms with E-state index < -0.39 is 5.97 Å². The Kier molecular flexibility index (Phi) is 3.94. The highest BCUT2D eigenvalue weighted by Gasteiger charge is 2.52. The highest BCUT2D eigenvalue weighted by Crippen LogP contribution is 2.34. The van der Waals surface area contributed by atoms with Gasteiger partial charge in [-0.25, -0.2) is 4.79 Å². The van der Waals surface area contributed by atoms with E-state index in [1.165, 1.54) is 11.8 Å². The van der Waals surface area contributed by atoms with Crippen molar-refractivity contribution in [2.24, 2.45) is 0 Å². The summed E-state index contributed by atoms with van der Waals surface area (Å²) in [5, 5.41) is 10.9. The molecule has 0 aromatic heterocycles. The second-order valence-electron chi connectivity index (χ2n) is 4.13. The Morgan fingerprint density at radius 2 is 2.37 bits per heavy atom. The number of carbonyl (C=O) groups excluding carboxylic acids is 2. The lowest BCUT2D eigenvalue weighted by Gasteiger charge is -2.39. The van der Waals surface area contributed by atoms with Gasteiger partial charge in [0.1, 0.15) is 23.5 Å². The second-order valence-corrected chi connectivity index (χ2v) is 6.22. The van der Waals surface area contributed by atoms with Gasteiger partial charge in [0.25, 0.3) is 0 Å². The summed E-state index contributed by atoms with van der Waals surface area (Å²) in [4.78, 5) is 34.4. The minimum atomic E-state index is -1.06. The summed E-state index contributed by atoms with van der Waals surface area (Å²) in [5.41, 5.74) is 0.0818. The number of esters is 1. The molecule has 0 spiro atoms. The summed E-state index contributed by atoms with van der Waals surface area (Å²) < 4.78 is 4.78. The maximum absolute atomic E-state index is 11.5. The third-order valence-electron chi connectivity index (χ3n) is 2.86. The van der Waals surface area contributed by atoms with Crippen molar-refractivity contribution < 1.29 is 24.2 Å². The van der Waals surface area contributed by atoms with E-state index in [2.05, 4.69) is 0 Å². The number of fused-ring (bicyclic) bond motifs is 1. The second kappa shape index (κ2) is 5.48. The van der Waals surface area contributed by atoms with Crippen molar-refractivity contribution in [2.75, 3.05) is 12.4 Å². The Labute approximate surface area is 113 Å². The number of amides is 1. The fourth-order valence-corrected chi connectivity index (χ4v) is 4.02. The maximum atomic E-state index is 11.5. The number of ether oxygens (including phenoxy) is 1. The number of nitrogens with zero attached hydrogens (tertiary/aromatic N) is 1. The Balaban J connectivity index is 2.00. The van der Waals surface area contributed by atoms with Crippen molar-refractivity contribution in [2.45, 2.75) is 18.7 Å². The van der Waals surface area contributed by atoms with Gasteiger partial charge in [-0.2, -0.15) is 0 Å². The van der Waals surface area contributed by atoms with Crippen LogP contribution in [0.15, 0.2) is 23.3 Å². The van der Waals surface area contributed by atoms with Crippen molar-refractivity contribution in [1.82, 2.24) is 4.90 Å². The normalized spacial score (nSPS) is 25.6. The molecule has 0 aliphatic carbocycles. The van der Waals surface area contributed by atoms with E-state index in [4.69, 9.17) is 9.84 Å². The first-order valence-electron chi connectivity index (χ1n) is 5.74. The molecule has 0 aromatic rings. The van der Waals surface area contributed by atoms with Crippen LogP contribution in [0.25, 0.3) is 0 Å². The molecule has 1 N–H and O–H groups in total. The average molecular weight is 284 g/mol. The average Bonchev–Trinajstić information content (AvgIpc) is 2.33. The molecule has 1 saturated heterocycles. The van der Waals surface area contributed by atoms with Gasteiger partial charge < -0.3 is 9.84 Å². The molecule has 19 heavy (non-hydrogen) atoms. The monoisotopic (exact) mass is 284 g/mol. The van der Waals surface area contributed by atoms with Gasteiger partial charge in [-0.3, -0.25) is 14.5 Å². The van der Waals surface area contributed by atoms with Gasteiger partial charge in [0.2, 0.25) is 11.3 Å². The summed E-state index contributed by atoms with van der Waals surface area (Å²) >= 11 is 0. The molecule has 2 aliphatic rings. The van der Waals surface area contributed by atoms with Crippen LogP contribution in [0.1, 0.15) is 13.3 Å². The Bertz CT molecular complexity index is 485. The van der Waals surface area contributed by atoms with Gasteiger partial charge in [-0.15, -0.1) is 0 Å². The van der Waals surface area contributed by atoms with E-state index in [-0.39, 0.29) is 40.4 Å². The summed E-state index contributed by atoms with van der Waals surface area (Å²) in [7, 11) is -0.212. The quantitative estimate of drug-likeness (QED) is 0.453. The highest BCUT2D eigenvalue weighted by atomic mass is 32.2. The third kappa shape index (κ3) is 2.81. The van der Waals surface area contributed by atoms with E-state index in [1.807, 2.05) is 5.41 Å². The summed E-state index contributed by atoms with van der Waals surface area (Å²) in [5.74, 6) is -0.952. The molecule has 1 unspecified atom stereocenters. The van der Waals surface area contributed by atoms with Gasteiger partial charge in [0.15, 0.2) is 0 Å². The van der Waals surface area contributed by atoms with E-state index in [1.54, 1.807) is 12.2 Å². The van der Waals surface area contributed by atoms with E-state index >= 15 is 0 Å². The molecule has 2 atom stereocenters. The van der Waals surface area contributed by atoms with Crippen LogP contribution in [0.3, 0.4) is 0 Å². The van der Waals surface area contributed by atoms with Crippen molar-refractivity contribution in [3.63, 3.8) is 0 Å². The number of carboxylic acid groups (broad SMARTS) is 1. The lowest BCUT2D eigenvalue weighted by Crippen LogP contribution is -2.58. The van der Waals surface area contributed by atoms with Crippen molar-refractivity contribution in [3.05, 3.63) is 23.3 Å².